The Bertz CT molecular complexity index is 1860. The van der Waals surface area contributed by atoms with E-state index in [1.165, 1.54) is 12.1 Å². The van der Waals surface area contributed by atoms with Gasteiger partial charge in [0.2, 0.25) is 11.6 Å². The molecule has 5 aromatic rings. The monoisotopic (exact) mass is 669 g/mol. The van der Waals surface area contributed by atoms with Crippen molar-refractivity contribution in [3.63, 3.8) is 0 Å². The first kappa shape index (κ1) is 28.4. The maximum atomic E-state index is 13.7. The van der Waals surface area contributed by atoms with E-state index in [0.29, 0.717) is 4.31 Å². The summed E-state index contributed by atoms with van der Waals surface area (Å²) in [5.41, 5.74) is 4.20. The highest BCUT2D eigenvalue weighted by Crippen LogP contribution is 2.44. The number of carbonyl (C=O) groups is 1. The van der Waals surface area contributed by atoms with Crippen LogP contribution in [0, 0.1) is 5.82 Å². The number of amides is 1. The number of ether oxygens (including phenoxy) is 1. The molecule has 13 nitrogen and oxygen atoms in total. The number of hydrogen-bond donors (Lipinski definition) is 1. The first-order valence-corrected chi connectivity index (χ1v) is 14.5. The average Bonchev–Trinajstić information content (AvgIpc) is 3.71. The van der Waals surface area contributed by atoms with E-state index in [4.69, 9.17) is 13.9 Å². The Labute approximate surface area is 252 Å². The van der Waals surface area contributed by atoms with Crippen molar-refractivity contribution in [2.24, 2.45) is 0 Å². The van der Waals surface area contributed by atoms with Gasteiger partial charge in [-0.2, -0.15) is 0 Å². The van der Waals surface area contributed by atoms with Gasteiger partial charge in [0.1, 0.15) is 12.4 Å². The largest absolute Gasteiger partial charge is 0.755 e. The van der Waals surface area contributed by atoms with Crippen LogP contribution in [0.25, 0.3) is 28.3 Å². The van der Waals surface area contributed by atoms with Gasteiger partial charge in [0.15, 0.2) is 5.69 Å². The number of carbonyl (C=O) groups excluding carboxylic acids is 1. The van der Waals surface area contributed by atoms with Gasteiger partial charge < -0.3 is 14.6 Å². The van der Waals surface area contributed by atoms with E-state index >= 15 is 0 Å². The first-order chi connectivity index (χ1) is 20.8. The summed E-state index contributed by atoms with van der Waals surface area (Å²) in [6.07, 6.45) is -1.05. The maximum Gasteiger partial charge on any atom is 0.446 e. The molecule has 1 aliphatic rings. The SMILES string of the molecule is O=C(OCC1c2ccccc2-c2ccccc21)N(CCNc1nonc1-c1noc(=O)n1-c1ccc(F)c(Br)c1)S(=O)[O-]. The number of benzene rings is 3. The van der Waals surface area contributed by atoms with E-state index < -0.39 is 28.9 Å². The molecule has 0 radical (unpaired) electrons. The number of rotatable bonds is 9. The van der Waals surface area contributed by atoms with Crippen molar-refractivity contribution in [1.29, 1.82) is 0 Å². The van der Waals surface area contributed by atoms with Crippen molar-refractivity contribution in [3.8, 4) is 28.3 Å². The number of hydrogen-bond acceptors (Lipinski definition) is 11. The summed E-state index contributed by atoms with van der Waals surface area (Å²) in [4.78, 5) is 25.2. The van der Waals surface area contributed by atoms with Crippen LogP contribution >= 0.6 is 15.9 Å². The van der Waals surface area contributed by atoms with Crippen LogP contribution in [0.5, 0.6) is 0 Å². The number of halogens is 2. The van der Waals surface area contributed by atoms with Crippen molar-refractivity contribution >= 4 is 39.1 Å². The Balaban J connectivity index is 1.13. The minimum Gasteiger partial charge on any atom is -0.755 e. The zero-order valence-electron chi connectivity index (χ0n) is 21.8. The van der Waals surface area contributed by atoms with E-state index in [0.717, 1.165) is 32.9 Å². The second-order valence-corrected chi connectivity index (χ2v) is 10.9. The maximum absolute atomic E-state index is 13.7. The lowest BCUT2D eigenvalue weighted by molar-refractivity contribution is 0.122. The second-order valence-electron chi connectivity index (χ2n) is 9.22. The van der Waals surface area contributed by atoms with Crippen molar-refractivity contribution in [3.05, 3.63) is 98.7 Å². The molecule has 1 N–H and O–H groups in total. The van der Waals surface area contributed by atoms with Crippen LogP contribution in [0.1, 0.15) is 17.0 Å². The summed E-state index contributed by atoms with van der Waals surface area (Å²) in [6, 6.07) is 19.4. The molecule has 6 rings (SSSR count). The van der Waals surface area contributed by atoms with Gasteiger partial charge in [0.25, 0.3) is 0 Å². The third-order valence-corrected chi connectivity index (χ3v) is 8.09. The standard InChI is InChI=1S/C27H20BrFN6O7S/c28-21-13-15(9-10-22(21)29)35-25(33-41-27(35)37)23-24(32-42-31-23)30-11-12-34(43(38)39)26(36)40-14-20-18-7-3-1-5-16(18)17-6-2-4-8-19(17)20/h1-10,13,20H,11-12,14H2,(H,30,32)(H,38,39)/p-1. The summed E-state index contributed by atoms with van der Waals surface area (Å²) in [7, 11) is 0. The van der Waals surface area contributed by atoms with Crippen molar-refractivity contribution in [1.82, 2.24) is 24.3 Å². The Kier molecular flexibility index (Phi) is 7.88. The first-order valence-electron chi connectivity index (χ1n) is 12.7. The highest BCUT2D eigenvalue weighted by atomic mass is 79.9. The zero-order valence-corrected chi connectivity index (χ0v) is 24.2. The normalized spacial score (nSPS) is 12.9. The predicted molar refractivity (Wildman–Crippen MR) is 152 cm³/mol. The van der Waals surface area contributed by atoms with Crippen LogP contribution in [0.4, 0.5) is 15.0 Å². The third kappa shape index (κ3) is 5.47. The van der Waals surface area contributed by atoms with Gasteiger partial charge in [0, 0.05) is 12.5 Å². The molecular weight excluding hydrogens is 651 g/mol. The molecular formula is C27H19BrFN6O7S-. The number of fused-ring (bicyclic) bond motifs is 3. The molecule has 43 heavy (non-hydrogen) atoms. The van der Waals surface area contributed by atoms with Crippen molar-refractivity contribution in [2.45, 2.75) is 5.92 Å². The molecule has 0 saturated carbocycles. The molecule has 0 spiro atoms. The van der Waals surface area contributed by atoms with Crippen LogP contribution in [-0.4, -0.2) is 58.9 Å². The van der Waals surface area contributed by atoms with Gasteiger partial charge in [-0.05, 0) is 66.7 Å². The Hall–Kier alpha value is -4.67. The van der Waals surface area contributed by atoms with E-state index in [1.807, 2.05) is 48.5 Å². The second kappa shape index (κ2) is 11.9. The minimum absolute atomic E-state index is 0.0209. The summed E-state index contributed by atoms with van der Waals surface area (Å²) < 4.78 is 54.3. The molecule has 3 aromatic carbocycles. The predicted octanol–water partition coefficient (Wildman–Crippen LogP) is 4.23. The molecule has 2 aromatic heterocycles. The Morgan fingerprint density at radius 2 is 1.79 bits per heavy atom. The lowest BCUT2D eigenvalue weighted by Crippen LogP contribution is -2.37. The molecule has 1 atom stereocenters. The highest BCUT2D eigenvalue weighted by Gasteiger charge is 2.30. The molecule has 2 heterocycles. The smallest absolute Gasteiger partial charge is 0.446 e. The topological polar surface area (TPSA) is 169 Å². The number of anilines is 1. The fourth-order valence-electron chi connectivity index (χ4n) is 4.87. The van der Waals surface area contributed by atoms with Gasteiger partial charge >= 0.3 is 11.8 Å². The van der Waals surface area contributed by atoms with Gasteiger partial charge in [-0.15, -0.1) is 0 Å². The summed E-state index contributed by atoms with van der Waals surface area (Å²) in [5.74, 6) is -1.81. The van der Waals surface area contributed by atoms with Crippen LogP contribution in [-0.2, 0) is 16.0 Å². The average molecular weight is 670 g/mol. The molecule has 220 valence electrons. The third-order valence-electron chi connectivity index (χ3n) is 6.79. The zero-order chi connectivity index (χ0) is 30.1. The fourth-order valence-corrected chi connectivity index (χ4v) is 5.65. The molecule has 16 heteroatoms. The van der Waals surface area contributed by atoms with Gasteiger partial charge in [-0.1, -0.05) is 53.7 Å². The quantitative estimate of drug-likeness (QED) is 0.223. The molecule has 0 fully saturated rings. The van der Waals surface area contributed by atoms with E-state index in [9.17, 15) is 22.7 Å². The number of aromatic nitrogens is 4. The fraction of sp³-hybridized carbons (Fsp3) is 0.148. The lowest BCUT2D eigenvalue weighted by atomic mass is 9.98. The van der Waals surface area contributed by atoms with E-state index in [-0.39, 0.29) is 53.1 Å². The van der Waals surface area contributed by atoms with E-state index in [1.54, 1.807) is 0 Å². The number of nitrogens with one attached hydrogen (secondary N) is 1. The molecule has 0 bridgehead atoms. The van der Waals surface area contributed by atoms with Crippen LogP contribution < -0.4 is 11.1 Å². The Morgan fingerprint density at radius 3 is 2.47 bits per heavy atom. The highest BCUT2D eigenvalue weighted by molar-refractivity contribution is 9.10. The van der Waals surface area contributed by atoms with E-state index in [2.05, 4.69) is 36.7 Å². The molecule has 1 unspecified atom stereocenters. The lowest BCUT2D eigenvalue weighted by Gasteiger charge is -2.24. The van der Waals surface area contributed by atoms with Crippen molar-refractivity contribution < 1.29 is 31.8 Å². The molecule has 0 aliphatic heterocycles. The minimum atomic E-state index is -2.94. The molecule has 1 amide bonds. The van der Waals surface area contributed by atoms with Gasteiger partial charge in [0.05, 0.1) is 28.0 Å². The van der Waals surface area contributed by atoms with Gasteiger partial charge in [-0.25, -0.2) is 27.5 Å². The van der Waals surface area contributed by atoms with Crippen LogP contribution in [0.15, 0.2) is 85.1 Å². The summed E-state index contributed by atoms with van der Waals surface area (Å²) in [6.45, 7) is -0.534. The Morgan fingerprint density at radius 1 is 1.09 bits per heavy atom. The van der Waals surface area contributed by atoms with Crippen molar-refractivity contribution in [2.75, 3.05) is 25.0 Å². The van der Waals surface area contributed by atoms with Crippen LogP contribution in [0.2, 0.25) is 0 Å². The van der Waals surface area contributed by atoms with Gasteiger partial charge in [-0.3, -0.25) is 8.73 Å². The number of nitrogens with zero attached hydrogens (tertiary/aromatic N) is 5. The molecule has 1 aliphatic carbocycles. The summed E-state index contributed by atoms with van der Waals surface area (Å²) in [5, 5.41) is 14.0. The summed E-state index contributed by atoms with van der Waals surface area (Å²) >= 11 is 0.122. The molecule has 0 saturated heterocycles. The van der Waals surface area contributed by atoms with Crippen LogP contribution in [0.3, 0.4) is 0 Å².